The van der Waals surface area contributed by atoms with Gasteiger partial charge in [0.25, 0.3) is 0 Å². The minimum absolute atomic E-state index is 0.279. The van der Waals surface area contributed by atoms with E-state index in [1.165, 1.54) is 32.2 Å². The van der Waals surface area contributed by atoms with E-state index in [0.717, 1.165) is 24.3 Å². The van der Waals surface area contributed by atoms with E-state index in [1.807, 2.05) is 0 Å². The molecule has 3 unspecified atom stereocenters. The van der Waals surface area contributed by atoms with Crippen LogP contribution in [0.5, 0.6) is 0 Å². The number of nitrogens with two attached hydrogens (primary N) is 1. The van der Waals surface area contributed by atoms with Crippen molar-refractivity contribution in [2.75, 3.05) is 20.1 Å². The van der Waals surface area contributed by atoms with E-state index in [1.54, 1.807) is 0 Å². The fourth-order valence-corrected chi connectivity index (χ4v) is 3.06. The zero-order chi connectivity index (χ0) is 13.1. The maximum atomic E-state index is 6.11. The Bertz CT molecular complexity index is 227. The summed E-state index contributed by atoms with van der Waals surface area (Å²) >= 11 is 0. The second kappa shape index (κ2) is 6.19. The van der Waals surface area contributed by atoms with Crippen LogP contribution in [0.25, 0.3) is 0 Å². The predicted octanol–water partition coefficient (Wildman–Crippen LogP) is 3.12. The van der Waals surface area contributed by atoms with Crippen LogP contribution in [0.1, 0.15) is 53.4 Å². The second-order valence-corrected chi connectivity index (χ2v) is 6.73. The SMILES string of the molecule is CC(C)CCN(C)C1(CN)CCC(C)C(C)C1. The molecular weight excluding hydrogens is 208 g/mol. The van der Waals surface area contributed by atoms with E-state index in [9.17, 15) is 0 Å². The minimum atomic E-state index is 0.279. The molecule has 2 nitrogen and oxygen atoms in total. The zero-order valence-corrected chi connectivity index (χ0v) is 12.5. The topological polar surface area (TPSA) is 29.3 Å². The van der Waals surface area contributed by atoms with Gasteiger partial charge in [-0.1, -0.05) is 27.7 Å². The van der Waals surface area contributed by atoms with E-state index in [0.29, 0.717) is 0 Å². The van der Waals surface area contributed by atoms with Gasteiger partial charge in [-0.25, -0.2) is 0 Å². The molecule has 1 aliphatic carbocycles. The molecule has 2 N–H and O–H groups in total. The number of hydrogen-bond acceptors (Lipinski definition) is 2. The largest absolute Gasteiger partial charge is 0.329 e. The summed E-state index contributed by atoms with van der Waals surface area (Å²) in [6, 6.07) is 0. The van der Waals surface area contributed by atoms with Crippen molar-refractivity contribution in [3.8, 4) is 0 Å². The third kappa shape index (κ3) is 3.69. The Hall–Kier alpha value is -0.0800. The highest BCUT2D eigenvalue weighted by Crippen LogP contribution is 2.38. The molecule has 2 heteroatoms. The van der Waals surface area contributed by atoms with Crippen molar-refractivity contribution in [3.63, 3.8) is 0 Å². The van der Waals surface area contributed by atoms with Gasteiger partial charge in [0, 0.05) is 12.1 Å². The molecule has 1 fully saturated rings. The molecule has 102 valence electrons. The van der Waals surface area contributed by atoms with Gasteiger partial charge < -0.3 is 5.73 Å². The average molecular weight is 240 g/mol. The molecule has 3 atom stereocenters. The highest BCUT2D eigenvalue weighted by molar-refractivity contribution is 4.96. The van der Waals surface area contributed by atoms with E-state index < -0.39 is 0 Å². The smallest absolute Gasteiger partial charge is 0.0331 e. The lowest BCUT2D eigenvalue weighted by Gasteiger charge is -2.48. The summed E-state index contributed by atoms with van der Waals surface area (Å²) in [4.78, 5) is 2.55. The quantitative estimate of drug-likeness (QED) is 0.800. The van der Waals surface area contributed by atoms with Crippen LogP contribution in [0.2, 0.25) is 0 Å². The summed E-state index contributed by atoms with van der Waals surface area (Å²) in [5, 5.41) is 0. The molecule has 1 aliphatic rings. The Morgan fingerprint density at radius 3 is 2.41 bits per heavy atom. The van der Waals surface area contributed by atoms with Gasteiger partial charge in [0.15, 0.2) is 0 Å². The highest BCUT2D eigenvalue weighted by atomic mass is 15.2. The second-order valence-electron chi connectivity index (χ2n) is 6.73. The maximum Gasteiger partial charge on any atom is 0.0331 e. The molecule has 0 radical (unpaired) electrons. The fourth-order valence-electron chi connectivity index (χ4n) is 3.06. The van der Waals surface area contributed by atoms with E-state index in [2.05, 4.69) is 39.6 Å². The Morgan fingerprint density at radius 2 is 1.94 bits per heavy atom. The first kappa shape index (κ1) is 15.0. The summed E-state index contributed by atoms with van der Waals surface area (Å²) in [5.74, 6) is 2.47. The monoisotopic (exact) mass is 240 g/mol. The molecule has 0 spiro atoms. The summed E-state index contributed by atoms with van der Waals surface area (Å²) < 4.78 is 0. The van der Waals surface area contributed by atoms with Gasteiger partial charge in [-0.05, 0) is 57.0 Å². The normalized spacial score (nSPS) is 34.6. The molecule has 0 bridgehead atoms. The van der Waals surface area contributed by atoms with E-state index in [4.69, 9.17) is 5.73 Å². The Labute approximate surface area is 108 Å². The van der Waals surface area contributed by atoms with Gasteiger partial charge in [0.1, 0.15) is 0 Å². The lowest BCUT2D eigenvalue weighted by Crippen LogP contribution is -2.55. The van der Waals surface area contributed by atoms with E-state index >= 15 is 0 Å². The van der Waals surface area contributed by atoms with Gasteiger partial charge >= 0.3 is 0 Å². The first-order valence-corrected chi connectivity index (χ1v) is 7.32. The molecule has 0 amide bonds. The van der Waals surface area contributed by atoms with Crippen molar-refractivity contribution >= 4 is 0 Å². The van der Waals surface area contributed by atoms with Crippen LogP contribution < -0.4 is 5.73 Å². The van der Waals surface area contributed by atoms with Crippen molar-refractivity contribution in [1.82, 2.24) is 4.90 Å². The lowest BCUT2D eigenvalue weighted by atomic mass is 9.70. The van der Waals surface area contributed by atoms with E-state index in [-0.39, 0.29) is 5.54 Å². The molecule has 0 saturated heterocycles. The zero-order valence-electron chi connectivity index (χ0n) is 12.5. The van der Waals surface area contributed by atoms with Crippen LogP contribution in [-0.2, 0) is 0 Å². The number of likely N-dealkylation sites (N-methyl/N-ethyl adjacent to an activating group) is 1. The summed E-state index contributed by atoms with van der Waals surface area (Å²) in [7, 11) is 2.28. The van der Waals surface area contributed by atoms with Crippen LogP contribution in [0.4, 0.5) is 0 Å². The van der Waals surface area contributed by atoms with Crippen LogP contribution in [0, 0.1) is 17.8 Å². The van der Waals surface area contributed by atoms with Gasteiger partial charge in [-0.15, -0.1) is 0 Å². The standard InChI is InChI=1S/C15H32N2/c1-12(2)7-9-17(5)15(11-16)8-6-13(3)14(4)10-15/h12-14H,6-11,16H2,1-5H3. The molecule has 0 aromatic rings. The average Bonchev–Trinajstić information content (AvgIpc) is 2.29. The molecule has 1 rings (SSSR count). The van der Waals surface area contributed by atoms with Crippen molar-refractivity contribution in [3.05, 3.63) is 0 Å². The number of rotatable bonds is 5. The fraction of sp³-hybridized carbons (Fsp3) is 1.00. The molecule has 0 aromatic heterocycles. The summed E-state index contributed by atoms with van der Waals surface area (Å²) in [6.07, 6.45) is 5.18. The van der Waals surface area contributed by atoms with Crippen molar-refractivity contribution in [2.24, 2.45) is 23.5 Å². The van der Waals surface area contributed by atoms with Gasteiger partial charge in [0.2, 0.25) is 0 Å². The molecular formula is C15H32N2. The van der Waals surface area contributed by atoms with Gasteiger partial charge in [-0.2, -0.15) is 0 Å². The van der Waals surface area contributed by atoms with Crippen LogP contribution >= 0.6 is 0 Å². The Kier molecular flexibility index (Phi) is 5.46. The minimum Gasteiger partial charge on any atom is -0.329 e. The number of nitrogens with zero attached hydrogens (tertiary/aromatic N) is 1. The molecule has 1 saturated carbocycles. The van der Waals surface area contributed by atoms with Gasteiger partial charge in [0.05, 0.1) is 0 Å². The lowest BCUT2D eigenvalue weighted by molar-refractivity contribution is 0.0376. The van der Waals surface area contributed by atoms with Crippen LogP contribution in [0.15, 0.2) is 0 Å². The van der Waals surface area contributed by atoms with Crippen LogP contribution in [-0.4, -0.2) is 30.6 Å². The summed E-state index contributed by atoms with van der Waals surface area (Å²) in [5.41, 5.74) is 6.39. The van der Waals surface area contributed by atoms with Gasteiger partial charge in [-0.3, -0.25) is 4.90 Å². The molecule has 0 heterocycles. The van der Waals surface area contributed by atoms with Crippen LogP contribution in [0.3, 0.4) is 0 Å². The third-order valence-electron chi connectivity index (χ3n) is 4.97. The number of hydrogen-bond donors (Lipinski definition) is 1. The molecule has 17 heavy (non-hydrogen) atoms. The van der Waals surface area contributed by atoms with Crippen molar-refractivity contribution in [2.45, 2.75) is 58.9 Å². The predicted molar refractivity (Wildman–Crippen MR) is 76.0 cm³/mol. The van der Waals surface area contributed by atoms with Crippen molar-refractivity contribution in [1.29, 1.82) is 0 Å². The third-order valence-corrected chi connectivity index (χ3v) is 4.97. The first-order chi connectivity index (χ1) is 7.91. The Balaban J connectivity index is 2.61. The first-order valence-electron chi connectivity index (χ1n) is 7.32. The maximum absolute atomic E-state index is 6.11. The molecule has 0 aliphatic heterocycles. The highest BCUT2D eigenvalue weighted by Gasteiger charge is 2.39. The molecule has 0 aromatic carbocycles. The summed E-state index contributed by atoms with van der Waals surface area (Å²) in [6.45, 7) is 11.4. The van der Waals surface area contributed by atoms with Crippen molar-refractivity contribution < 1.29 is 0 Å². The Morgan fingerprint density at radius 1 is 1.29 bits per heavy atom.